The lowest BCUT2D eigenvalue weighted by molar-refractivity contribution is 0.0500. The molecule has 0 aliphatic rings. The first-order chi connectivity index (χ1) is 13.2. The molecule has 0 spiro atoms. The van der Waals surface area contributed by atoms with Crippen LogP contribution in [0.2, 0.25) is 0 Å². The Morgan fingerprint density at radius 2 is 1.79 bits per heavy atom. The molecule has 0 fully saturated rings. The van der Waals surface area contributed by atoms with Crippen LogP contribution in [0.15, 0.2) is 47.4 Å². The first-order valence-electron chi connectivity index (χ1n) is 9.75. The molecule has 0 bridgehead atoms. The molecular formula is C23H34NO2PS. The number of hydrogen-bond donors (Lipinski definition) is 2. The quantitative estimate of drug-likeness (QED) is 0.321. The summed E-state index contributed by atoms with van der Waals surface area (Å²) in [6.45, 7) is 12.3. The fraction of sp³-hybridized carbons (Fsp3) is 0.478. The molecule has 2 unspecified atom stereocenters. The molecule has 0 amide bonds. The zero-order chi connectivity index (χ0) is 20.8. The van der Waals surface area contributed by atoms with Crippen LogP contribution in [-0.2, 0) is 16.4 Å². The van der Waals surface area contributed by atoms with Crippen molar-refractivity contribution in [1.29, 1.82) is 0 Å². The van der Waals surface area contributed by atoms with Crippen molar-refractivity contribution in [2.45, 2.75) is 63.2 Å². The summed E-state index contributed by atoms with van der Waals surface area (Å²) in [6.07, 6.45) is 1.01. The first-order valence-corrected chi connectivity index (χ1v) is 11.2. The van der Waals surface area contributed by atoms with Crippen LogP contribution in [0.25, 0.3) is 0 Å². The van der Waals surface area contributed by atoms with Gasteiger partial charge < -0.3 is 14.8 Å². The van der Waals surface area contributed by atoms with E-state index in [0.29, 0.717) is 8.58 Å². The molecule has 0 saturated carbocycles. The Kier molecular flexibility index (Phi) is 8.39. The van der Waals surface area contributed by atoms with E-state index < -0.39 is 0 Å². The molecule has 2 aromatic carbocycles. The molecule has 154 valence electrons. The standard InChI is InChI=1S/C23H34NO2PS/c1-7-23(5,19-14-18(28)12-13-20(19)26-16-25-6)27-21-11-9-8-10-17(21)15-24-22(2,3)4/h8-14,24,27-28H,7,15-16H2,1-6H3. The second kappa shape index (κ2) is 10.1. The molecule has 0 aliphatic carbocycles. The van der Waals surface area contributed by atoms with Gasteiger partial charge in [0.2, 0.25) is 0 Å². The van der Waals surface area contributed by atoms with Gasteiger partial charge in [0.25, 0.3) is 0 Å². The maximum Gasteiger partial charge on any atom is 0.188 e. The fourth-order valence-electron chi connectivity index (χ4n) is 3.00. The molecule has 0 saturated heterocycles. The summed E-state index contributed by atoms with van der Waals surface area (Å²) in [5, 5.41) is 4.97. The summed E-state index contributed by atoms with van der Waals surface area (Å²) in [4.78, 5) is 0.951. The third-order valence-electron chi connectivity index (χ3n) is 4.83. The molecule has 1 N–H and O–H groups in total. The minimum Gasteiger partial charge on any atom is -0.467 e. The van der Waals surface area contributed by atoms with Gasteiger partial charge >= 0.3 is 0 Å². The van der Waals surface area contributed by atoms with Gasteiger partial charge in [-0.05, 0) is 56.3 Å². The second-order valence-corrected chi connectivity index (χ2v) is 10.7. The molecular weight excluding hydrogens is 385 g/mol. The number of ether oxygens (including phenoxy) is 2. The highest BCUT2D eigenvalue weighted by molar-refractivity contribution is 7.80. The Morgan fingerprint density at radius 3 is 2.43 bits per heavy atom. The number of benzene rings is 2. The van der Waals surface area contributed by atoms with E-state index in [2.05, 4.69) is 82.9 Å². The van der Waals surface area contributed by atoms with Crippen molar-refractivity contribution in [1.82, 2.24) is 5.32 Å². The molecule has 0 heterocycles. The van der Waals surface area contributed by atoms with Gasteiger partial charge in [0.05, 0.1) is 0 Å². The van der Waals surface area contributed by atoms with Gasteiger partial charge in [-0.1, -0.05) is 46.7 Å². The number of methoxy groups -OCH3 is 1. The van der Waals surface area contributed by atoms with Crippen molar-refractivity contribution in [2.75, 3.05) is 13.9 Å². The van der Waals surface area contributed by atoms with Crippen LogP contribution in [0.4, 0.5) is 0 Å². The predicted molar refractivity (Wildman–Crippen MR) is 125 cm³/mol. The van der Waals surface area contributed by atoms with E-state index in [4.69, 9.17) is 9.47 Å². The Bertz CT molecular complexity index is 775. The van der Waals surface area contributed by atoms with E-state index in [0.717, 1.165) is 23.6 Å². The van der Waals surface area contributed by atoms with E-state index in [-0.39, 0.29) is 17.5 Å². The zero-order valence-electron chi connectivity index (χ0n) is 17.9. The molecule has 2 rings (SSSR count). The topological polar surface area (TPSA) is 30.5 Å². The molecule has 0 radical (unpaired) electrons. The average Bonchev–Trinajstić information content (AvgIpc) is 2.65. The van der Waals surface area contributed by atoms with Gasteiger partial charge in [-0.3, -0.25) is 0 Å². The van der Waals surface area contributed by atoms with Crippen molar-refractivity contribution in [3.63, 3.8) is 0 Å². The summed E-state index contributed by atoms with van der Waals surface area (Å²) in [5.41, 5.74) is 2.64. The molecule has 0 aliphatic heterocycles. The Hall–Kier alpha value is -1.06. The summed E-state index contributed by atoms with van der Waals surface area (Å²) in [5.74, 6) is 0.877. The third-order valence-corrected chi connectivity index (χ3v) is 7.04. The summed E-state index contributed by atoms with van der Waals surface area (Å²) in [6, 6.07) is 14.9. The van der Waals surface area contributed by atoms with Crippen LogP contribution >= 0.6 is 21.2 Å². The van der Waals surface area contributed by atoms with E-state index in [1.807, 2.05) is 12.1 Å². The van der Waals surface area contributed by atoms with E-state index >= 15 is 0 Å². The highest BCUT2D eigenvalue weighted by Crippen LogP contribution is 2.48. The monoisotopic (exact) mass is 419 g/mol. The van der Waals surface area contributed by atoms with Crippen LogP contribution in [-0.4, -0.2) is 19.4 Å². The zero-order valence-corrected chi connectivity index (χ0v) is 19.8. The van der Waals surface area contributed by atoms with Crippen molar-refractivity contribution in [3.05, 3.63) is 53.6 Å². The molecule has 28 heavy (non-hydrogen) atoms. The predicted octanol–water partition coefficient (Wildman–Crippen LogP) is 5.48. The minimum absolute atomic E-state index is 0.0420. The Morgan fingerprint density at radius 1 is 1.07 bits per heavy atom. The van der Waals surface area contributed by atoms with Crippen LogP contribution in [0.3, 0.4) is 0 Å². The van der Waals surface area contributed by atoms with Gasteiger partial charge in [-0.2, -0.15) is 0 Å². The Labute approximate surface area is 177 Å². The maximum atomic E-state index is 5.89. The molecule has 5 heteroatoms. The van der Waals surface area contributed by atoms with Gasteiger partial charge in [0.15, 0.2) is 6.79 Å². The smallest absolute Gasteiger partial charge is 0.188 e. The molecule has 3 nitrogen and oxygen atoms in total. The van der Waals surface area contributed by atoms with Gasteiger partial charge in [0.1, 0.15) is 5.75 Å². The lowest BCUT2D eigenvalue weighted by atomic mass is 9.96. The van der Waals surface area contributed by atoms with E-state index in [1.165, 1.54) is 16.4 Å². The summed E-state index contributed by atoms with van der Waals surface area (Å²) >= 11 is 4.58. The van der Waals surface area contributed by atoms with Crippen molar-refractivity contribution < 1.29 is 9.47 Å². The molecule has 2 aromatic rings. The lowest BCUT2D eigenvalue weighted by Gasteiger charge is -2.32. The minimum atomic E-state index is -0.0420. The number of nitrogens with one attached hydrogen (secondary N) is 1. The van der Waals surface area contributed by atoms with Crippen molar-refractivity contribution in [3.8, 4) is 5.75 Å². The fourth-order valence-corrected chi connectivity index (χ4v) is 4.81. The second-order valence-electron chi connectivity index (χ2n) is 8.30. The number of hydrogen-bond acceptors (Lipinski definition) is 4. The van der Waals surface area contributed by atoms with Gasteiger partial charge in [0, 0.05) is 34.8 Å². The lowest BCUT2D eigenvalue weighted by Crippen LogP contribution is -2.36. The maximum absolute atomic E-state index is 5.89. The van der Waals surface area contributed by atoms with Gasteiger partial charge in [-0.15, -0.1) is 12.6 Å². The number of thiol groups is 1. The highest BCUT2D eigenvalue weighted by Gasteiger charge is 2.30. The average molecular weight is 420 g/mol. The van der Waals surface area contributed by atoms with Gasteiger partial charge in [-0.25, -0.2) is 0 Å². The normalized spacial score (nSPS) is 14.4. The van der Waals surface area contributed by atoms with E-state index in [1.54, 1.807) is 7.11 Å². The van der Waals surface area contributed by atoms with Crippen LogP contribution in [0.1, 0.15) is 52.2 Å². The van der Waals surface area contributed by atoms with E-state index in [9.17, 15) is 0 Å². The van der Waals surface area contributed by atoms with Crippen LogP contribution in [0.5, 0.6) is 5.75 Å². The molecule has 2 atom stereocenters. The Balaban J connectivity index is 2.37. The molecule has 0 aromatic heterocycles. The van der Waals surface area contributed by atoms with Crippen LogP contribution in [0, 0.1) is 0 Å². The van der Waals surface area contributed by atoms with Crippen LogP contribution < -0.4 is 15.4 Å². The largest absolute Gasteiger partial charge is 0.467 e. The first kappa shape index (κ1) is 23.2. The number of rotatable bonds is 9. The SMILES string of the molecule is CCC(C)(Pc1ccccc1CNC(C)(C)C)c1cc(S)ccc1OCOC. The summed E-state index contributed by atoms with van der Waals surface area (Å²) < 4.78 is 11.0. The highest BCUT2D eigenvalue weighted by atomic mass is 32.1. The van der Waals surface area contributed by atoms with Crippen molar-refractivity contribution in [2.24, 2.45) is 0 Å². The van der Waals surface area contributed by atoms with Crippen molar-refractivity contribution >= 4 is 26.5 Å². The summed E-state index contributed by atoms with van der Waals surface area (Å²) in [7, 11) is 2.27. The third kappa shape index (κ3) is 6.49.